The lowest BCUT2D eigenvalue weighted by Gasteiger charge is -2.21. The first-order chi connectivity index (χ1) is 10.6. The van der Waals surface area contributed by atoms with Crippen LogP contribution in [0.2, 0.25) is 0 Å². The van der Waals surface area contributed by atoms with E-state index in [4.69, 9.17) is 11.6 Å². The second-order valence-corrected chi connectivity index (χ2v) is 5.30. The van der Waals surface area contributed by atoms with Gasteiger partial charge in [-0.25, -0.2) is 0 Å². The molecule has 0 aliphatic heterocycles. The molecule has 0 heterocycles. The van der Waals surface area contributed by atoms with Crippen molar-refractivity contribution in [3.05, 3.63) is 70.3 Å². The van der Waals surface area contributed by atoms with Gasteiger partial charge in [-0.15, -0.1) is 11.6 Å². The van der Waals surface area contributed by atoms with E-state index in [9.17, 15) is 14.4 Å². The Morgan fingerprint density at radius 2 is 1.55 bits per heavy atom. The number of rotatable bonds is 2. The molecule has 0 N–H and O–H groups in total. The number of hydrogen-bond acceptors (Lipinski definition) is 4. The van der Waals surface area contributed by atoms with Crippen molar-refractivity contribution in [1.82, 2.24) is 0 Å². The minimum Gasteiger partial charge on any atom is -0.468 e. The van der Waals surface area contributed by atoms with E-state index in [2.05, 4.69) is 4.74 Å². The molecule has 0 saturated heterocycles. The minimum absolute atomic E-state index is 0.177. The average molecular weight is 315 g/mol. The van der Waals surface area contributed by atoms with Crippen molar-refractivity contribution >= 4 is 29.1 Å². The molecule has 0 bridgehead atoms. The van der Waals surface area contributed by atoms with Gasteiger partial charge in [0.1, 0.15) is 0 Å². The summed E-state index contributed by atoms with van der Waals surface area (Å²) in [4.78, 5) is 37.0. The summed E-state index contributed by atoms with van der Waals surface area (Å²) in [6, 6.07) is 11.3. The second-order valence-electron chi connectivity index (χ2n) is 4.86. The van der Waals surface area contributed by atoms with Gasteiger partial charge in [-0.3, -0.25) is 14.4 Å². The lowest BCUT2D eigenvalue weighted by molar-refractivity contribution is -0.140. The third-order valence-electron chi connectivity index (χ3n) is 3.67. The highest BCUT2D eigenvalue weighted by atomic mass is 35.5. The van der Waals surface area contributed by atoms with Crippen molar-refractivity contribution in [2.45, 2.75) is 5.38 Å². The van der Waals surface area contributed by atoms with Crippen molar-refractivity contribution in [2.75, 3.05) is 7.11 Å². The molecule has 0 amide bonds. The van der Waals surface area contributed by atoms with Gasteiger partial charge >= 0.3 is 5.97 Å². The summed E-state index contributed by atoms with van der Waals surface area (Å²) in [5.74, 6) is -1.23. The SMILES string of the molecule is COC(=O)[C@H](Cl)c1cccc2c1C(=O)c1ccccc1C2=O. The summed E-state index contributed by atoms with van der Waals surface area (Å²) >= 11 is 6.10. The second kappa shape index (κ2) is 5.39. The molecular weight excluding hydrogens is 304 g/mol. The summed E-state index contributed by atoms with van der Waals surface area (Å²) in [5.41, 5.74) is 1.41. The summed E-state index contributed by atoms with van der Waals surface area (Å²) < 4.78 is 4.62. The maximum atomic E-state index is 12.7. The van der Waals surface area contributed by atoms with Crippen molar-refractivity contribution < 1.29 is 19.1 Å². The number of halogens is 1. The van der Waals surface area contributed by atoms with E-state index >= 15 is 0 Å². The molecule has 0 aromatic heterocycles. The maximum Gasteiger partial charge on any atom is 0.328 e. The molecule has 1 aliphatic rings. The van der Waals surface area contributed by atoms with Gasteiger partial charge in [0, 0.05) is 22.3 Å². The van der Waals surface area contributed by atoms with Gasteiger partial charge in [-0.1, -0.05) is 42.5 Å². The predicted octanol–water partition coefficient (Wildman–Crippen LogP) is 2.91. The molecule has 0 radical (unpaired) electrons. The fourth-order valence-corrected chi connectivity index (χ4v) is 2.88. The Kier molecular flexibility index (Phi) is 3.54. The number of benzene rings is 2. The molecule has 22 heavy (non-hydrogen) atoms. The van der Waals surface area contributed by atoms with Gasteiger partial charge in [0.2, 0.25) is 0 Å². The first-order valence-corrected chi connectivity index (χ1v) is 7.03. The van der Waals surface area contributed by atoms with Crippen molar-refractivity contribution in [3.63, 3.8) is 0 Å². The summed E-state index contributed by atoms with van der Waals surface area (Å²) in [7, 11) is 1.22. The number of alkyl halides is 1. The van der Waals surface area contributed by atoms with Crippen LogP contribution in [0.4, 0.5) is 0 Å². The summed E-state index contributed by atoms with van der Waals surface area (Å²) in [6.45, 7) is 0. The molecule has 2 aromatic carbocycles. The standard InChI is InChI=1S/C17H11ClO4/c1-22-17(21)14(18)11-7-4-8-12-13(11)16(20)10-6-3-2-5-9(10)15(12)19/h2-8,14H,1H3/t14-/m1/s1. The van der Waals surface area contributed by atoms with E-state index in [1.54, 1.807) is 42.5 Å². The molecule has 5 heteroatoms. The lowest BCUT2D eigenvalue weighted by atomic mass is 9.81. The Bertz CT molecular complexity index is 810. The number of fused-ring (bicyclic) bond motifs is 2. The Balaban J connectivity index is 2.23. The fourth-order valence-electron chi connectivity index (χ4n) is 2.61. The largest absolute Gasteiger partial charge is 0.468 e. The monoisotopic (exact) mass is 314 g/mol. The highest BCUT2D eigenvalue weighted by Gasteiger charge is 2.34. The van der Waals surface area contributed by atoms with Crippen LogP contribution in [0.25, 0.3) is 0 Å². The summed E-state index contributed by atoms with van der Waals surface area (Å²) in [6.07, 6.45) is 0. The van der Waals surface area contributed by atoms with Gasteiger partial charge in [0.05, 0.1) is 7.11 Å². The zero-order chi connectivity index (χ0) is 15.9. The summed E-state index contributed by atoms with van der Waals surface area (Å²) in [5, 5.41) is -1.14. The van der Waals surface area contributed by atoms with Gasteiger partial charge in [0.25, 0.3) is 0 Å². The highest BCUT2D eigenvalue weighted by Crippen LogP contribution is 2.34. The van der Waals surface area contributed by atoms with Crippen LogP contribution in [-0.2, 0) is 9.53 Å². The predicted molar refractivity (Wildman–Crippen MR) is 80.4 cm³/mol. The van der Waals surface area contributed by atoms with Crippen LogP contribution in [0.5, 0.6) is 0 Å². The molecule has 110 valence electrons. The third-order valence-corrected chi connectivity index (χ3v) is 4.08. The first-order valence-electron chi connectivity index (χ1n) is 6.59. The van der Waals surface area contributed by atoms with Crippen LogP contribution in [-0.4, -0.2) is 24.6 Å². The Hall–Kier alpha value is -2.46. The van der Waals surface area contributed by atoms with E-state index in [1.165, 1.54) is 7.11 Å². The molecule has 0 unspecified atom stereocenters. The Morgan fingerprint density at radius 1 is 0.955 bits per heavy atom. The van der Waals surface area contributed by atoms with E-state index < -0.39 is 11.3 Å². The molecule has 0 spiro atoms. The number of ether oxygens (including phenoxy) is 1. The van der Waals surface area contributed by atoms with Gasteiger partial charge in [-0.2, -0.15) is 0 Å². The Morgan fingerprint density at radius 3 is 2.18 bits per heavy atom. The zero-order valence-corrected chi connectivity index (χ0v) is 12.4. The number of ketones is 2. The van der Waals surface area contributed by atoms with Crippen molar-refractivity contribution in [1.29, 1.82) is 0 Å². The molecule has 1 aliphatic carbocycles. The fraction of sp³-hybridized carbons (Fsp3) is 0.118. The van der Waals surface area contributed by atoms with E-state index in [0.717, 1.165) is 0 Å². The van der Waals surface area contributed by atoms with Crippen LogP contribution in [0, 0.1) is 0 Å². The van der Waals surface area contributed by atoms with Gasteiger partial charge in [0.15, 0.2) is 16.9 Å². The van der Waals surface area contributed by atoms with Crippen molar-refractivity contribution in [3.8, 4) is 0 Å². The molecule has 2 aromatic rings. The Labute approximate surface area is 131 Å². The number of esters is 1. The molecule has 3 rings (SSSR count). The van der Waals surface area contributed by atoms with Crippen LogP contribution >= 0.6 is 11.6 Å². The smallest absolute Gasteiger partial charge is 0.328 e. The quantitative estimate of drug-likeness (QED) is 0.539. The lowest BCUT2D eigenvalue weighted by Crippen LogP contribution is -2.24. The van der Waals surface area contributed by atoms with Crippen molar-refractivity contribution in [2.24, 2.45) is 0 Å². The first kappa shape index (κ1) is 14.5. The number of methoxy groups -OCH3 is 1. The van der Waals surface area contributed by atoms with E-state index in [0.29, 0.717) is 16.7 Å². The highest BCUT2D eigenvalue weighted by molar-refractivity contribution is 6.33. The molecule has 0 saturated carbocycles. The van der Waals surface area contributed by atoms with Gasteiger partial charge in [-0.05, 0) is 5.56 Å². The topological polar surface area (TPSA) is 60.4 Å². The molecule has 1 atom stereocenters. The normalized spacial score (nSPS) is 14.1. The third kappa shape index (κ3) is 2.04. The van der Waals surface area contributed by atoms with Crippen LogP contribution in [0.1, 0.15) is 42.8 Å². The molecule has 4 nitrogen and oxygen atoms in total. The van der Waals surface area contributed by atoms with Gasteiger partial charge < -0.3 is 4.74 Å². The minimum atomic E-state index is -1.14. The van der Waals surface area contributed by atoms with Crippen LogP contribution in [0.15, 0.2) is 42.5 Å². The molecule has 0 fully saturated rings. The zero-order valence-electron chi connectivity index (χ0n) is 11.6. The number of hydrogen-bond donors (Lipinski definition) is 0. The van der Waals surface area contributed by atoms with Crippen LogP contribution in [0.3, 0.4) is 0 Å². The van der Waals surface area contributed by atoms with Crippen LogP contribution < -0.4 is 0 Å². The number of carbonyl (C=O) groups is 3. The average Bonchev–Trinajstić information content (AvgIpc) is 2.57. The molecular formula is C17H11ClO4. The van der Waals surface area contributed by atoms with E-state index in [1.807, 2.05) is 0 Å². The van der Waals surface area contributed by atoms with E-state index in [-0.39, 0.29) is 22.7 Å². The number of carbonyl (C=O) groups excluding carboxylic acids is 3. The maximum absolute atomic E-state index is 12.7.